The summed E-state index contributed by atoms with van der Waals surface area (Å²) in [5.41, 5.74) is 7.72. The van der Waals surface area contributed by atoms with Crippen molar-refractivity contribution in [1.29, 1.82) is 0 Å². The number of nitrogens with two attached hydrogens (primary N) is 1. The average molecular weight is 269 g/mol. The van der Waals surface area contributed by atoms with Crippen molar-refractivity contribution in [3.05, 3.63) is 28.4 Å². The monoisotopic (exact) mass is 268 g/mol. The van der Waals surface area contributed by atoms with Crippen LogP contribution in [0.15, 0.2) is 27.3 Å². The van der Waals surface area contributed by atoms with Crippen LogP contribution in [0.5, 0.6) is 5.75 Å². The van der Waals surface area contributed by atoms with Crippen LogP contribution in [0.3, 0.4) is 0 Å². The Kier molecular flexibility index (Phi) is 2.40. The van der Waals surface area contributed by atoms with Gasteiger partial charge in [-0.05, 0) is 24.6 Å². The van der Waals surface area contributed by atoms with Crippen LogP contribution in [0.1, 0.15) is 5.56 Å². The predicted octanol–water partition coefficient (Wildman–Crippen LogP) is 2.70. The van der Waals surface area contributed by atoms with E-state index in [9.17, 15) is 5.11 Å². The molecule has 0 spiro atoms. The molecule has 0 fully saturated rings. The summed E-state index contributed by atoms with van der Waals surface area (Å²) < 4.78 is 5.64. The fourth-order valence-corrected chi connectivity index (χ4v) is 1.68. The second-order valence-corrected chi connectivity index (χ2v) is 4.08. The molecule has 0 bridgehead atoms. The number of hydrogen-bond acceptors (Lipinski definition) is 4. The van der Waals surface area contributed by atoms with Gasteiger partial charge in [0.2, 0.25) is 5.88 Å². The van der Waals surface area contributed by atoms with Crippen LogP contribution in [0.4, 0.5) is 5.88 Å². The molecule has 0 amide bonds. The van der Waals surface area contributed by atoms with E-state index < -0.39 is 0 Å². The summed E-state index contributed by atoms with van der Waals surface area (Å²) in [6, 6.07) is 3.44. The molecule has 0 saturated heterocycles. The molecule has 0 radical (unpaired) electrons. The number of aromatic nitrogens is 1. The lowest BCUT2D eigenvalue weighted by Crippen LogP contribution is -1.86. The lowest BCUT2D eigenvalue weighted by Gasteiger charge is -2.05. The number of aryl methyl sites for hydroxylation is 1. The van der Waals surface area contributed by atoms with Crippen molar-refractivity contribution in [2.24, 2.45) is 0 Å². The molecular formula is C10H9BrN2O2. The van der Waals surface area contributed by atoms with Gasteiger partial charge in [-0.1, -0.05) is 21.1 Å². The summed E-state index contributed by atoms with van der Waals surface area (Å²) in [5, 5.41) is 13.3. The minimum absolute atomic E-state index is 0.158. The van der Waals surface area contributed by atoms with E-state index in [2.05, 4.69) is 21.1 Å². The molecule has 0 aliphatic heterocycles. The zero-order chi connectivity index (χ0) is 11.0. The van der Waals surface area contributed by atoms with Gasteiger partial charge in [0.15, 0.2) is 0 Å². The Morgan fingerprint density at radius 2 is 2.13 bits per heavy atom. The molecule has 5 heteroatoms. The number of nitrogen functional groups attached to an aromatic ring is 1. The van der Waals surface area contributed by atoms with E-state index in [1.807, 2.05) is 6.92 Å². The maximum Gasteiger partial charge on any atom is 0.230 e. The summed E-state index contributed by atoms with van der Waals surface area (Å²) in [7, 11) is 0. The maximum absolute atomic E-state index is 9.77. The van der Waals surface area contributed by atoms with Crippen LogP contribution in [0, 0.1) is 6.92 Å². The third-order valence-electron chi connectivity index (χ3n) is 2.17. The number of phenols is 1. The van der Waals surface area contributed by atoms with Crippen molar-refractivity contribution in [2.45, 2.75) is 6.92 Å². The fraction of sp³-hybridized carbons (Fsp3) is 0.100. The number of anilines is 1. The highest BCUT2D eigenvalue weighted by atomic mass is 79.9. The molecule has 2 rings (SSSR count). The molecule has 0 atom stereocenters. The topological polar surface area (TPSA) is 72.3 Å². The first-order valence-electron chi connectivity index (χ1n) is 4.29. The molecule has 2 aromatic rings. The molecule has 1 heterocycles. The summed E-state index contributed by atoms with van der Waals surface area (Å²) in [6.07, 6.45) is 1.48. The van der Waals surface area contributed by atoms with Crippen molar-refractivity contribution in [3.8, 4) is 16.9 Å². The average Bonchev–Trinajstić information content (AvgIpc) is 2.58. The zero-order valence-electron chi connectivity index (χ0n) is 7.99. The molecular weight excluding hydrogens is 260 g/mol. The molecule has 0 saturated carbocycles. The van der Waals surface area contributed by atoms with Crippen LogP contribution in [-0.4, -0.2) is 10.3 Å². The van der Waals surface area contributed by atoms with E-state index in [1.54, 1.807) is 12.1 Å². The Morgan fingerprint density at radius 1 is 1.40 bits per heavy atom. The number of nitrogens with zero attached hydrogens (tertiary/aromatic N) is 1. The van der Waals surface area contributed by atoms with Crippen molar-refractivity contribution in [1.82, 2.24) is 5.16 Å². The van der Waals surface area contributed by atoms with Gasteiger partial charge in [-0.2, -0.15) is 0 Å². The molecule has 0 unspecified atom stereocenters. The number of phenolic OH excluding ortho intramolecular Hbond substituents is 1. The SMILES string of the molecule is Cc1cc(O)c(-c2cnoc2N)cc1Br. The van der Waals surface area contributed by atoms with Crippen LogP contribution < -0.4 is 5.73 Å². The highest BCUT2D eigenvalue weighted by Crippen LogP contribution is 2.36. The quantitative estimate of drug-likeness (QED) is 0.834. The Bertz CT molecular complexity index is 508. The second kappa shape index (κ2) is 3.58. The molecule has 1 aromatic heterocycles. The first-order chi connectivity index (χ1) is 7.09. The number of hydrogen-bond donors (Lipinski definition) is 2. The molecule has 0 aliphatic carbocycles. The number of rotatable bonds is 1. The zero-order valence-corrected chi connectivity index (χ0v) is 9.58. The van der Waals surface area contributed by atoms with Gasteiger partial charge in [0, 0.05) is 10.0 Å². The van der Waals surface area contributed by atoms with Crippen LogP contribution in [0.25, 0.3) is 11.1 Å². The van der Waals surface area contributed by atoms with E-state index in [-0.39, 0.29) is 11.6 Å². The molecule has 78 valence electrons. The minimum atomic E-state index is 0.158. The molecule has 1 aromatic carbocycles. The van der Waals surface area contributed by atoms with Gasteiger partial charge in [-0.3, -0.25) is 0 Å². The van der Waals surface area contributed by atoms with Gasteiger partial charge >= 0.3 is 0 Å². The molecule has 3 N–H and O–H groups in total. The van der Waals surface area contributed by atoms with Crippen molar-refractivity contribution < 1.29 is 9.63 Å². The Balaban J connectivity index is 2.64. The summed E-state index contributed by atoms with van der Waals surface area (Å²) in [5.74, 6) is 0.353. The standard InChI is InChI=1S/C10H9BrN2O2/c1-5-2-9(14)6(3-8(5)11)7-4-13-15-10(7)12/h2-4,14H,12H2,1H3. The smallest absolute Gasteiger partial charge is 0.230 e. The van der Waals surface area contributed by atoms with Gasteiger partial charge < -0.3 is 15.4 Å². The van der Waals surface area contributed by atoms with Crippen molar-refractivity contribution in [3.63, 3.8) is 0 Å². The normalized spacial score (nSPS) is 10.5. The first kappa shape index (κ1) is 10.0. The summed E-state index contributed by atoms with van der Waals surface area (Å²) in [6.45, 7) is 1.89. The van der Waals surface area contributed by atoms with Gasteiger partial charge in [-0.15, -0.1) is 0 Å². The van der Waals surface area contributed by atoms with Crippen LogP contribution in [0.2, 0.25) is 0 Å². The molecule has 4 nitrogen and oxygen atoms in total. The Hall–Kier alpha value is -1.49. The molecule has 15 heavy (non-hydrogen) atoms. The van der Waals surface area contributed by atoms with Crippen molar-refractivity contribution >= 4 is 21.8 Å². The summed E-state index contributed by atoms with van der Waals surface area (Å²) in [4.78, 5) is 0. The van der Waals surface area contributed by atoms with Gasteiger partial charge in [0.1, 0.15) is 5.75 Å². The number of halogens is 1. The number of benzene rings is 1. The number of aromatic hydroxyl groups is 1. The lowest BCUT2D eigenvalue weighted by atomic mass is 10.1. The Morgan fingerprint density at radius 3 is 2.73 bits per heavy atom. The molecule has 0 aliphatic rings. The van der Waals surface area contributed by atoms with Crippen molar-refractivity contribution in [2.75, 3.05) is 5.73 Å². The van der Waals surface area contributed by atoms with Crippen LogP contribution in [-0.2, 0) is 0 Å². The predicted molar refractivity (Wildman–Crippen MR) is 60.5 cm³/mol. The first-order valence-corrected chi connectivity index (χ1v) is 5.08. The van der Waals surface area contributed by atoms with Gasteiger partial charge in [0.25, 0.3) is 0 Å². The summed E-state index contributed by atoms with van der Waals surface area (Å²) >= 11 is 3.39. The van der Waals surface area contributed by atoms with E-state index >= 15 is 0 Å². The minimum Gasteiger partial charge on any atom is -0.507 e. The second-order valence-electron chi connectivity index (χ2n) is 3.22. The van der Waals surface area contributed by atoms with Gasteiger partial charge in [-0.25, -0.2) is 0 Å². The fourth-order valence-electron chi connectivity index (χ4n) is 1.33. The third kappa shape index (κ3) is 1.70. The van der Waals surface area contributed by atoms with E-state index in [0.29, 0.717) is 11.1 Å². The maximum atomic E-state index is 9.77. The van der Waals surface area contributed by atoms with E-state index in [1.165, 1.54) is 6.20 Å². The highest BCUT2D eigenvalue weighted by Gasteiger charge is 2.13. The largest absolute Gasteiger partial charge is 0.507 e. The third-order valence-corrected chi connectivity index (χ3v) is 3.02. The highest BCUT2D eigenvalue weighted by molar-refractivity contribution is 9.10. The Labute approximate surface area is 94.8 Å². The lowest BCUT2D eigenvalue weighted by molar-refractivity contribution is 0.436. The van der Waals surface area contributed by atoms with Gasteiger partial charge in [0.05, 0.1) is 11.8 Å². The van der Waals surface area contributed by atoms with Crippen LogP contribution >= 0.6 is 15.9 Å². The van der Waals surface area contributed by atoms with E-state index in [0.717, 1.165) is 10.0 Å². The van der Waals surface area contributed by atoms with E-state index in [4.69, 9.17) is 10.3 Å².